The topological polar surface area (TPSA) is 0 Å². The number of hydrogen-bond acceptors (Lipinski definition) is 0. The monoisotopic (exact) mass is 406 g/mol. The second kappa shape index (κ2) is 6.30. The fraction of sp³-hybridized carbons (Fsp3) is 0.176. The van der Waals surface area contributed by atoms with Crippen molar-refractivity contribution in [3.8, 4) is 11.8 Å². The van der Waals surface area contributed by atoms with Crippen LogP contribution in [0.25, 0.3) is 0 Å². The van der Waals surface area contributed by atoms with Crippen molar-refractivity contribution in [1.29, 1.82) is 0 Å². The molecule has 0 saturated heterocycles. The van der Waals surface area contributed by atoms with Gasteiger partial charge in [-0.1, -0.05) is 48.8 Å². The lowest BCUT2D eigenvalue weighted by atomic mass is 10.2. The van der Waals surface area contributed by atoms with Crippen LogP contribution in [0.15, 0.2) is 51.4 Å². The third kappa shape index (κ3) is 4.08. The zero-order chi connectivity index (χ0) is 14.8. The maximum absolute atomic E-state index is 3.49. The molecule has 0 amide bonds. The molecule has 0 atom stereocenters. The number of halogens is 2. The molecule has 102 valence electrons. The van der Waals surface area contributed by atoms with Gasteiger partial charge in [0, 0.05) is 20.1 Å². The van der Waals surface area contributed by atoms with Gasteiger partial charge in [0.05, 0.1) is 8.07 Å². The molecule has 2 aromatic rings. The van der Waals surface area contributed by atoms with E-state index in [9.17, 15) is 0 Å². The second-order valence-corrected chi connectivity index (χ2v) is 12.5. The smallest absolute Gasteiger partial charge is 0.0656 e. The van der Waals surface area contributed by atoms with Crippen LogP contribution in [0.4, 0.5) is 0 Å². The standard InChI is InChI=1S/C17H16Br2Si/c1-20(2,3)15-9-6-13(7-10-15)4-5-14-8-11-16(18)17(19)12-14/h6-12H,1-3H3. The van der Waals surface area contributed by atoms with Gasteiger partial charge in [-0.25, -0.2) is 0 Å². The van der Waals surface area contributed by atoms with Crippen LogP contribution >= 0.6 is 31.9 Å². The molecule has 0 spiro atoms. The first-order chi connectivity index (χ1) is 9.36. The molecule has 0 N–H and O–H groups in total. The lowest BCUT2D eigenvalue weighted by molar-refractivity contribution is 1.55. The summed E-state index contributed by atoms with van der Waals surface area (Å²) >= 11 is 6.95. The summed E-state index contributed by atoms with van der Waals surface area (Å²) in [6.07, 6.45) is 0. The molecule has 3 heteroatoms. The molecule has 0 unspecified atom stereocenters. The minimum atomic E-state index is -1.22. The van der Waals surface area contributed by atoms with Crippen molar-refractivity contribution in [3.63, 3.8) is 0 Å². The SMILES string of the molecule is C[Si](C)(C)c1ccc(C#Cc2ccc(Br)c(Br)c2)cc1. The Morgan fingerprint density at radius 1 is 0.750 bits per heavy atom. The molecule has 0 aliphatic heterocycles. The summed E-state index contributed by atoms with van der Waals surface area (Å²) in [6, 6.07) is 14.7. The lowest BCUT2D eigenvalue weighted by Crippen LogP contribution is -2.37. The normalized spacial score (nSPS) is 10.8. The van der Waals surface area contributed by atoms with E-state index < -0.39 is 8.07 Å². The molecule has 0 heterocycles. The van der Waals surface area contributed by atoms with Crippen LogP contribution in [-0.2, 0) is 0 Å². The highest BCUT2D eigenvalue weighted by Gasteiger charge is 2.15. The van der Waals surface area contributed by atoms with Crippen LogP contribution in [0, 0.1) is 11.8 Å². The van der Waals surface area contributed by atoms with E-state index in [1.165, 1.54) is 5.19 Å². The predicted molar refractivity (Wildman–Crippen MR) is 97.2 cm³/mol. The summed E-state index contributed by atoms with van der Waals surface area (Å²) in [7, 11) is -1.22. The van der Waals surface area contributed by atoms with Crippen LogP contribution in [0.2, 0.25) is 19.6 Å². The molecule has 0 bridgehead atoms. The molecular formula is C17H16Br2Si. The Morgan fingerprint density at radius 2 is 1.30 bits per heavy atom. The largest absolute Gasteiger partial charge is 0.0775 e. The zero-order valence-electron chi connectivity index (χ0n) is 11.8. The van der Waals surface area contributed by atoms with Gasteiger partial charge in [-0.2, -0.15) is 0 Å². The Kier molecular flexibility index (Phi) is 4.90. The van der Waals surface area contributed by atoms with Crippen molar-refractivity contribution in [1.82, 2.24) is 0 Å². The van der Waals surface area contributed by atoms with Crippen molar-refractivity contribution in [2.45, 2.75) is 19.6 Å². The molecule has 2 aromatic carbocycles. The second-order valence-electron chi connectivity index (χ2n) is 5.71. The summed E-state index contributed by atoms with van der Waals surface area (Å²) in [5, 5.41) is 1.47. The van der Waals surface area contributed by atoms with Crippen LogP contribution in [0.5, 0.6) is 0 Å². The highest BCUT2D eigenvalue weighted by atomic mass is 79.9. The minimum absolute atomic E-state index is 1.01. The number of rotatable bonds is 1. The quantitative estimate of drug-likeness (QED) is 0.452. The van der Waals surface area contributed by atoms with Crippen molar-refractivity contribution >= 4 is 45.1 Å². The van der Waals surface area contributed by atoms with E-state index in [1.54, 1.807) is 0 Å². The Morgan fingerprint density at radius 3 is 1.85 bits per heavy atom. The number of hydrogen-bond donors (Lipinski definition) is 0. The van der Waals surface area contributed by atoms with E-state index in [2.05, 4.69) is 87.6 Å². The van der Waals surface area contributed by atoms with Gasteiger partial charge in [0.2, 0.25) is 0 Å². The van der Waals surface area contributed by atoms with Crippen molar-refractivity contribution in [2.75, 3.05) is 0 Å². The van der Waals surface area contributed by atoms with Gasteiger partial charge in [0.15, 0.2) is 0 Å². The molecule has 0 aliphatic rings. The van der Waals surface area contributed by atoms with E-state index in [4.69, 9.17) is 0 Å². The van der Waals surface area contributed by atoms with E-state index >= 15 is 0 Å². The Bertz CT molecular complexity index is 671. The molecule has 0 aromatic heterocycles. The third-order valence-electron chi connectivity index (χ3n) is 3.02. The molecule has 0 fully saturated rings. The van der Waals surface area contributed by atoms with Crippen LogP contribution in [0.1, 0.15) is 11.1 Å². The zero-order valence-corrected chi connectivity index (χ0v) is 16.0. The maximum Gasteiger partial charge on any atom is 0.0775 e. The molecule has 2 rings (SSSR count). The van der Waals surface area contributed by atoms with Gasteiger partial charge in [0.1, 0.15) is 0 Å². The maximum atomic E-state index is 3.49. The highest BCUT2D eigenvalue weighted by Crippen LogP contribution is 2.23. The van der Waals surface area contributed by atoms with Gasteiger partial charge < -0.3 is 0 Å². The first-order valence-corrected chi connectivity index (χ1v) is 11.5. The molecule has 0 nitrogen and oxygen atoms in total. The summed E-state index contributed by atoms with van der Waals surface area (Å²) in [5.74, 6) is 6.41. The van der Waals surface area contributed by atoms with Crippen LogP contribution in [-0.4, -0.2) is 8.07 Å². The Hall–Kier alpha value is -0.823. The first kappa shape index (κ1) is 15.6. The highest BCUT2D eigenvalue weighted by molar-refractivity contribution is 9.13. The predicted octanol–water partition coefficient (Wildman–Crippen LogP) is 5.16. The Labute approximate surface area is 138 Å². The van der Waals surface area contributed by atoms with Gasteiger partial charge in [-0.05, 0) is 62.2 Å². The summed E-state index contributed by atoms with van der Waals surface area (Å²) in [4.78, 5) is 0. The van der Waals surface area contributed by atoms with E-state index in [0.717, 1.165) is 20.1 Å². The van der Waals surface area contributed by atoms with Gasteiger partial charge in [0.25, 0.3) is 0 Å². The van der Waals surface area contributed by atoms with Gasteiger partial charge in [-0.15, -0.1) is 0 Å². The average molecular weight is 408 g/mol. The van der Waals surface area contributed by atoms with Crippen molar-refractivity contribution in [2.24, 2.45) is 0 Å². The van der Waals surface area contributed by atoms with Crippen molar-refractivity contribution < 1.29 is 0 Å². The minimum Gasteiger partial charge on any atom is -0.0656 e. The van der Waals surface area contributed by atoms with E-state index in [0.29, 0.717) is 0 Å². The van der Waals surface area contributed by atoms with Gasteiger partial charge in [-0.3, -0.25) is 0 Å². The molecule has 0 radical (unpaired) electrons. The number of benzene rings is 2. The molecule has 0 saturated carbocycles. The summed E-state index contributed by atoms with van der Waals surface area (Å²) in [5.41, 5.74) is 2.07. The van der Waals surface area contributed by atoms with Crippen LogP contribution in [0.3, 0.4) is 0 Å². The fourth-order valence-electron chi connectivity index (χ4n) is 1.77. The third-order valence-corrected chi connectivity index (χ3v) is 6.97. The van der Waals surface area contributed by atoms with Crippen molar-refractivity contribution in [3.05, 3.63) is 62.5 Å². The summed E-state index contributed by atoms with van der Waals surface area (Å²) < 4.78 is 2.07. The average Bonchev–Trinajstić information content (AvgIpc) is 2.40. The lowest BCUT2D eigenvalue weighted by Gasteiger charge is -2.15. The molecule has 0 aliphatic carbocycles. The van der Waals surface area contributed by atoms with Crippen LogP contribution < -0.4 is 5.19 Å². The Balaban J connectivity index is 2.22. The first-order valence-electron chi connectivity index (χ1n) is 6.44. The van der Waals surface area contributed by atoms with E-state index in [-0.39, 0.29) is 0 Å². The summed E-state index contributed by atoms with van der Waals surface area (Å²) in [6.45, 7) is 7.06. The fourth-order valence-corrected chi connectivity index (χ4v) is 3.56. The molecule has 20 heavy (non-hydrogen) atoms. The van der Waals surface area contributed by atoms with E-state index in [1.807, 2.05) is 18.2 Å². The van der Waals surface area contributed by atoms with Gasteiger partial charge >= 0.3 is 0 Å². The molecular weight excluding hydrogens is 392 g/mol.